The average Bonchev–Trinajstić information content (AvgIpc) is 2.14. The van der Waals surface area contributed by atoms with Gasteiger partial charge < -0.3 is 10.8 Å². The third kappa shape index (κ3) is 1.08. The maximum Gasteiger partial charge on any atom is 1.00 e. The molecule has 3 N–H and O–H groups in total. The van der Waals surface area contributed by atoms with E-state index in [4.69, 9.17) is 10.8 Å². The van der Waals surface area contributed by atoms with Gasteiger partial charge in [0, 0.05) is 18.6 Å². The van der Waals surface area contributed by atoms with Gasteiger partial charge in [-0.2, -0.15) is 0 Å². The number of nitrogens with two attached hydrogens (primary N) is 1. The second-order valence-electron chi connectivity index (χ2n) is 2.23. The Morgan fingerprint density at radius 1 is 1.75 bits per heavy atom. The molecule has 0 heterocycles. The lowest BCUT2D eigenvalue weighted by Gasteiger charge is -2.02. The Hall–Kier alpha value is -0.340. The summed E-state index contributed by atoms with van der Waals surface area (Å²) >= 11 is 0. The van der Waals surface area contributed by atoms with E-state index in [0.717, 1.165) is 6.42 Å². The van der Waals surface area contributed by atoms with Crippen molar-refractivity contribution in [3.05, 3.63) is 12.2 Å². The van der Waals surface area contributed by atoms with Crippen LogP contribution in [-0.2, 0) is 0 Å². The van der Waals surface area contributed by atoms with E-state index in [-0.39, 0.29) is 14.1 Å². The third-order valence-electron chi connectivity index (χ3n) is 1.44. The molecule has 0 unspecified atom stereocenters. The molecule has 1 aliphatic carbocycles. The van der Waals surface area contributed by atoms with Crippen LogP contribution in [0.5, 0.6) is 0 Å². The SMILES string of the molecule is N[C@@H]1C=C[C@H](CO)C1.[H+]. The van der Waals surface area contributed by atoms with Crippen LogP contribution in [0.4, 0.5) is 0 Å². The van der Waals surface area contributed by atoms with Gasteiger partial charge in [-0.25, -0.2) is 0 Å². The minimum Gasteiger partial charge on any atom is -0.396 e. The van der Waals surface area contributed by atoms with Crippen molar-refractivity contribution in [2.24, 2.45) is 11.7 Å². The van der Waals surface area contributed by atoms with Gasteiger partial charge in [-0.3, -0.25) is 0 Å². The number of hydrogen-bond acceptors (Lipinski definition) is 2. The summed E-state index contributed by atoms with van der Waals surface area (Å²) in [5.74, 6) is 0.324. The van der Waals surface area contributed by atoms with Crippen molar-refractivity contribution in [2.45, 2.75) is 12.5 Å². The Kier molecular flexibility index (Phi) is 1.65. The zero-order chi connectivity index (χ0) is 5.98. The molecule has 0 aromatic rings. The Labute approximate surface area is 50.5 Å². The predicted molar refractivity (Wildman–Crippen MR) is 33.4 cm³/mol. The molecule has 2 atom stereocenters. The highest BCUT2D eigenvalue weighted by atomic mass is 16.3. The summed E-state index contributed by atoms with van der Waals surface area (Å²) in [7, 11) is 0. The molecule has 0 aromatic carbocycles. The maximum absolute atomic E-state index is 8.58. The molecule has 2 heteroatoms. The summed E-state index contributed by atoms with van der Waals surface area (Å²) in [5.41, 5.74) is 5.50. The first-order valence-electron chi connectivity index (χ1n) is 2.87. The fourth-order valence-corrected chi connectivity index (χ4v) is 0.942. The summed E-state index contributed by atoms with van der Waals surface area (Å²) < 4.78 is 0. The Morgan fingerprint density at radius 2 is 2.50 bits per heavy atom. The Morgan fingerprint density at radius 3 is 2.75 bits per heavy atom. The Bertz CT molecular complexity index is 105. The van der Waals surface area contributed by atoms with Crippen molar-refractivity contribution in [1.29, 1.82) is 0 Å². The molecule has 0 aromatic heterocycles. The molecule has 2 nitrogen and oxygen atoms in total. The average molecular weight is 114 g/mol. The maximum atomic E-state index is 8.58. The van der Waals surface area contributed by atoms with Gasteiger partial charge in [-0.1, -0.05) is 12.2 Å². The fourth-order valence-electron chi connectivity index (χ4n) is 0.942. The van der Waals surface area contributed by atoms with Gasteiger partial charge in [0.1, 0.15) is 0 Å². The van der Waals surface area contributed by atoms with Crippen LogP contribution in [-0.4, -0.2) is 17.8 Å². The van der Waals surface area contributed by atoms with Gasteiger partial charge in [-0.05, 0) is 6.42 Å². The van der Waals surface area contributed by atoms with Crippen LogP contribution in [0.25, 0.3) is 0 Å². The standard InChI is InChI=1S/C6H11NO/c7-6-2-1-5(3-6)4-8/h1-2,5-6,8H,3-4,7H2/p+1/t5-,6+/m0/s1. The van der Waals surface area contributed by atoms with E-state index < -0.39 is 0 Å². The van der Waals surface area contributed by atoms with E-state index in [9.17, 15) is 0 Å². The van der Waals surface area contributed by atoms with Crippen LogP contribution >= 0.6 is 0 Å². The normalized spacial score (nSPS) is 36.2. The Balaban J connectivity index is 0.000000640. The molecule has 0 spiro atoms. The van der Waals surface area contributed by atoms with Gasteiger partial charge in [0.25, 0.3) is 0 Å². The van der Waals surface area contributed by atoms with Crippen LogP contribution in [0.1, 0.15) is 7.85 Å². The van der Waals surface area contributed by atoms with E-state index in [2.05, 4.69) is 0 Å². The first kappa shape index (κ1) is 5.79. The van der Waals surface area contributed by atoms with Crippen molar-refractivity contribution in [3.63, 3.8) is 0 Å². The zero-order valence-electron chi connectivity index (χ0n) is 5.75. The van der Waals surface area contributed by atoms with Gasteiger partial charge in [-0.15, -0.1) is 0 Å². The fraction of sp³-hybridized carbons (Fsp3) is 0.667. The van der Waals surface area contributed by atoms with Gasteiger partial charge >= 0.3 is 1.43 Å². The third-order valence-corrected chi connectivity index (χ3v) is 1.44. The minimum atomic E-state index is 0. The van der Waals surface area contributed by atoms with E-state index in [1.54, 1.807) is 0 Å². The largest absolute Gasteiger partial charge is 1.00 e. The molecule has 1 aliphatic rings. The minimum absolute atomic E-state index is 0. The van der Waals surface area contributed by atoms with E-state index in [1.807, 2.05) is 12.2 Å². The van der Waals surface area contributed by atoms with Crippen molar-refractivity contribution in [2.75, 3.05) is 6.61 Å². The molecule has 8 heavy (non-hydrogen) atoms. The van der Waals surface area contributed by atoms with Crippen molar-refractivity contribution >= 4 is 0 Å². The summed E-state index contributed by atoms with van der Waals surface area (Å²) in [6.45, 7) is 0.240. The van der Waals surface area contributed by atoms with Crippen LogP contribution in [0.3, 0.4) is 0 Å². The lowest BCUT2D eigenvalue weighted by atomic mass is 10.1. The van der Waals surface area contributed by atoms with Gasteiger partial charge in [0.05, 0.1) is 0 Å². The predicted octanol–water partition coefficient (Wildman–Crippen LogP) is -0.00540. The highest BCUT2D eigenvalue weighted by Gasteiger charge is 2.13. The van der Waals surface area contributed by atoms with Crippen LogP contribution < -0.4 is 5.73 Å². The molecule has 0 fully saturated rings. The smallest absolute Gasteiger partial charge is 0.396 e. The molecule has 0 amide bonds. The number of hydrogen-bond donors (Lipinski definition) is 2. The van der Waals surface area contributed by atoms with E-state index >= 15 is 0 Å². The molecule has 0 saturated carbocycles. The van der Waals surface area contributed by atoms with Crippen LogP contribution in [0.2, 0.25) is 0 Å². The van der Waals surface area contributed by atoms with Crippen molar-refractivity contribution < 1.29 is 6.53 Å². The summed E-state index contributed by atoms with van der Waals surface area (Å²) in [6, 6.07) is 0.187. The first-order valence-corrected chi connectivity index (χ1v) is 2.87. The van der Waals surface area contributed by atoms with Crippen molar-refractivity contribution in [3.8, 4) is 0 Å². The summed E-state index contributed by atoms with van der Waals surface area (Å²) in [6.07, 6.45) is 4.84. The second kappa shape index (κ2) is 2.29. The second-order valence-corrected chi connectivity index (χ2v) is 2.23. The number of aliphatic hydroxyl groups is 1. The molecule has 0 saturated heterocycles. The molecular weight excluding hydrogens is 102 g/mol. The molecule has 0 bridgehead atoms. The lowest BCUT2D eigenvalue weighted by Crippen LogP contribution is -2.15. The van der Waals surface area contributed by atoms with Crippen molar-refractivity contribution in [1.82, 2.24) is 0 Å². The molecular formula is C6H12NO+. The highest BCUT2D eigenvalue weighted by Crippen LogP contribution is 2.14. The molecule has 1 rings (SSSR count). The summed E-state index contributed by atoms with van der Waals surface area (Å²) in [5, 5.41) is 8.58. The molecule has 0 radical (unpaired) electrons. The van der Waals surface area contributed by atoms with Crippen LogP contribution in [0, 0.1) is 5.92 Å². The monoisotopic (exact) mass is 114 g/mol. The van der Waals surface area contributed by atoms with Crippen LogP contribution in [0.15, 0.2) is 12.2 Å². The summed E-state index contributed by atoms with van der Waals surface area (Å²) in [4.78, 5) is 0. The quantitative estimate of drug-likeness (QED) is 0.471. The van der Waals surface area contributed by atoms with Gasteiger partial charge in [0.15, 0.2) is 0 Å². The topological polar surface area (TPSA) is 46.2 Å². The number of rotatable bonds is 1. The van der Waals surface area contributed by atoms with Gasteiger partial charge in [0.2, 0.25) is 0 Å². The first-order chi connectivity index (χ1) is 3.83. The lowest BCUT2D eigenvalue weighted by molar-refractivity contribution is 0.249. The highest BCUT2D eigenvalue weighted by molar-refractivity contribution is 5.04. The zero-order valence-corrected chi connectivity index (χ0v) is 4.75. The van der Waals surface area contributed by atoms with E-state index in [1.165, 1.54) is 0 Å². The van der Waals surface area contributed by atoms with E-state index in [0.29, 0.717) is 5.92 Å². The number of aliphatic hydroxyl groups excluding tert-OH is 1. The molecule has 0 aliphatic heterocycles. The molecule has 46 valence electrons.